The van der Waals surface area contributed by atoms with Gasteiger partial charge < -0.3 is 4.74 Å². The normalized spacial score (nSPS) is 10.6. The first kappa shape index (κ1) is 11.4. The smallest absolute Gasteiger partial charge is 0.319 e. The Hall–Kier alpha value is -0.720. The summed E-state index contributed by atoms with van der Waals surface area (Å²) in [7, 11) is 3.16. The number of halogens is 1. The number of carbonyl (C=O) groups excluding carboxylic acids is 1. The van der Waals surface area contributed by atoms with Gasteiger partial charge in [0.25, 0.3) is 0 Å². The molecule has 5 nitrogen and oxygen atoms in total. The first-order valence-electron chi connectivity index (χ1n) is 3.85. The van der Waals surface area contributed by atoms with Crippen molar-refractivity contribution in [1.29, 1.82) is 0 Å². The Morgan fingerprint density at radius 1 is 1.64 bits per heavy atom. The second kappa shape index (κ2) is 5.23. The number of nitrogens with zero attached hydrogens (tertiary/aromatic N) is 3. The van der Waals surface area contributed by atoms with Gasteiger partial charge in [-0.05, 0) is 18.6 Å². The number of hydrogen-bond donors (Lipinski definition) is 0. The van der Waals surface area contributed by atoms with Crippen LogP contribution < -0.4 is 0 Å². The number of ether oxygens (including phenoxy) is 1. The molecule has 0 aliphatic rings. The summed E-state index contributed by atoms with van der Waals surface area (Å²) in [5, 5.41) is 8.27. The van der Waals surface area contributed by atoms with Crippen LogP contribution in [0.15, 0.2) is 0 Å². The van der Waals surface area contributed by atoms with Crippen molar-refractivity contribution in [3.05, 3.63) is 9.47 Å². The second-order valence-electron chi connectivity index (χ2n) is 2.70. The first-order valence-corrected chi connectivity index (χ1v) is 5.04. The zero-order chi connectivity index (χ0) is 10.6. The maximum atomic E-state index is 10.9. The lowest BCUT2D eigenvalue weighted by atomic mass is 10.5. The van der Waals surface area contributed by atoms with Crippen LogP contribution in [-0.2, 0) is 16.1 Å². The molecule has 1 rings (SSSR count). The number of likely N-dealkylation sites (N-methyl/N-ethyl adjacent to an activating group) is 1. The molecule has 0 aromatic carbocycles. The van der Waals surface area contributed by atoms with E-state index in [-0.39, 0.29) is 12.5 Å². The molecule has 1 aromatic rings. The van der Waals surface area contributed by atoms with Crippen molar-refractivity contribution >= 4 is 28.9 Å². The van der Waals surface area contributed by atoms with E-state index < -0.39 is 0 Å². The molecule has 0 aliphatic carbocycles. The van der Waals surface area contributed by atoms with Gasteiger partial charge >= 0.3 is 5.97 Å². The van der Waals surface area contributed by atoms with Crippen LogP contribution in [0.3, 0.4) is 0 Å². The highest BCUT2D eigenvalue weighted by Crippen LogP contribution is 2.15. The summed E-state index contributed by atoms with van der Waals surface area (Å²) in [6, 6.07) is 0. The molecule has 0 N–H and O–H groups in total. The molecule has 1 heterocycles. The summed E-state index contributed by atoms with van der Waals surface area (Å²) in [4.78, 5) is 12.7. The topological polar surface area (TPSA) is 55.3 Å². The highest BCUT2D eigenvalue weighted by molar-refractivity contribution is 7.15. The Balaban J connectivity index is 2.41. The molecule has 0 saturated heterocycles. The number of rotatable bonds is 4. The van der Waals surface area contributed by atoms with Crippen LogP contribution in [0.25, 0.3) is 0 Å². The lowest BCUT2D eigenvalue weighted by Crippen LogP contribution is -2.26. The van der Waals surface area contributed by atoms with Gasteiger partial charge in [-0.3, -0.25) is 9.69 Å². The van der Waals surface area contributed by atoms with E-state index in [4.69, 9.17) is 11.6 Å². The monoisotopic (exact) mass is 235 g/mol. The molecule has 0 atom stereocenters. The summed E-state index contributed by atoms with van der Waals surface area (Å²) in [5.74, 6) is -0.275. The van der Waals surface area contributed by atoms with Gasteiger partial charge in [-0.1, -0.05) is 11.3 Å². The van der Waals surface area contributed by atoms with Crippen LogP contribution in [0.1, 0.15) is 5.01 Å². The lowest BCUT2D eigenvalue weighted by molar-refractivity contribution is -0.141. The average Bonchev–Trinajstić information content (AvgIpc) is 2.50. The van der Waals surface area contributed by atoms with Gasteiger partial charge in [-0.15, -0.1) is 10.2 Å². The highest BCUT2D eigenvalue weighted by Gasteiger charge is 2.09. The zero-order valence-electron chi connectivity index (χ0n) is 7.86. The standard InChI is InChI=1S/C7H10ClN3O2S/c1-11(4-6(12)13-2)3-5-9-10-7(8)14-5/h3-4H2,1-2H3. The fourth-order valence-corrected chi connectivity index (χ4v) is 1.82. The fourth-order valence-electron chi connectivity index (χ4n) is 0.869. The Labute approximate surface area is 90.6 Å². The van der Waals surface area contributed by atoms with Crippen molar-refractivity contribution in [2.75, 3.05) is 20.7 Å². The largest absolute Gasteiger partial charge is 0.468 e. The minimum absolute atomic E-state index is 0.230. The van der Waals surface area contributed by atoms with Crippen LogP contribution in [0.2, 0.25) is 4.47 Å². The van der Waals surface area contributed by atoms with Gasteiger partial charge in [0.2, 0.25) is 4.47 Å². The van der Waals surface area contributed by atoms with Crippen LogP contribution in [-0.4, -0.2) is 41.8 Å². The Bertz CT molecular complexity index is 318. The molecule has 1 aromatic heterocycles. The quantitative estimate of drug-likeness (QED) is 0.723. The van der Waals surface area contributed by atoms with E-state index in [1.807, 2.05) is 0 Å². The van der Waals surface area contributed by atoms with E-state index in [2.05, 4.69) is 14.9 Å². The molecule has 0 unspecified atom stereocenters. The van der Waals surface area contributed by atoms with E-state index >= 15 is 0 Å². The predicted octanol–water partition coefficient (Wildman–Crippen LogP) is 0.796. The summed E-state index contributed by atoms with van der Waals surface area (Å²) in [5.41, 5.74) is 0. The van der Waals surface area contributed by atoms with E-state index in [1.165, 1.54) is 18.4 Å². The summed E-state index contributed by atoms with van der Waals surface area (Å²) in [6.45, 7) is 0.771. The Morgan fingerprint density at radius 2 is 2.36 bits per heavy atom. The Morgan fingerprint density at radius 3 is 2.86 bits per heavy atom. The molecule has 0 radical (unpaired) electrons. The van der Waals surface area contributed by atoms with Crippen LogP contribution in [0.4, 0.5) is 0 Å². The molecular formula is C7H10ClN3O2S. The molecule has 0 amide bonds. The molecular weight excluding hydrogens is 226 g/mol. The van der Waals surface area contributed by atoms with Crippen molar-refractivity contribution in [3.63, 3.8) is 0 Å². The van der Waals surface area contributed by atoms with E-state index in [9.17, 15) is 4.79 Å². The van der Waals surface area contributed by atoms with Crippen LogP contribution >= 0.6 is 22.9 Å². The first-order chi connectivity index (χ1) is 6.61. The molecule has 0 fully saturated rings. The molecule has 7 heteroatoms. The SMILES string of the molecule is COC(=O)CN(C)Cc1nnc(Cl)s1. The third kappa shape index (κ3) is 3.57. The van der Waals surface area contributed by atoms with Crippen molar-refractivity contribution in [1.82, 2.24) is 15.1 Å². The van der Waals surface area contributed by atoms with E-state index in [1.54, 1.807) is 11.9 Å². The average molecular weight is 236 g/mol. The van der Waals surface area contributed by atoms with E-state index in [0.29, 0.717) is 11.0 Å². The second-order valence-corrected chi connectivity index (χ2v) is 4.34. The van der Waals surface area contributed by atoms with Gasteiger partial charge in [0.15, 0.2) is 0 Å². The summed E-state index contributed by atoms with van der Waals surface area (Å²) < 4.78 is 4.93. The number of aromatic nitrogens is 2. The lowest BCUT2D eigenvalue weighted by Gasteiger charge is -2.12. The van der Waals surface area contributed by atoms with Crippen molar-refractivity contribution in [3.8, 4) is 0 Å². The molecule has 0 saturated carbocycles. The van der Waals surface area contributed by atoms with Gasteiger partial charge in [0.1, 0.15) is 5.01 Å². The maximum Gasteiger partial charge on any atom is 0.319 e. The molecule has 0 spiro atoms. The number of esters is 1. The number of methoxy groups -OCH3 is 1. The fraction of sp³-hybridized carbons (Fsp3) is 0.571. The van der Waals surface area contributed by atoms with Gasteiger partial charge in [0, 0.05) is 0 Å². The van der Waals surface area contributed by atoms with Crippen LogP contribution in [0, 0.1) is 0 Å². The van der Waals surface area contributed by atoms with Gasteiger partial charge in [0.05, 0.1) is 20.2 Å². The van der Waals surface area contributed by atoms with E-state index in [0.717, 1.165) is 5.01 Å². The zero-order valence-corrected chi connectivity index (χ0v) is 9.43. The summed E-state index contributed by atoms with van der Waals surface area (Å²) in [6.07, 6.45) is 0. The number of carbonyl (C=O) groups is 1. The van der Waals surface area contributed by atoms with Crippen molar-refractivity contribution < 1.29 is 9.53 Å². The predicted molar refractivity (Wildman–Crippen MR) is 53.3 cm³/mol. The van der Waals surface area contributed by atoms with Crippen molar-refractivity contribution in [2.24, 2.45) is 0 Å². The minimum Gasteiger partial charge on any atom is -0.468 e. The maximum absolute atomic E-state index is 10.9. The molecule has 78 valence electrons. The Kier molecular flexibility index (Phi) is 4.24. The third-order valence-electron chi connectivity index (χ3n) is 1.47. The number of hydrogen-bond acceptors (Lipinski definition) is 6. The molecule has 14 heavy (non-hydrogen) atoms. The summed E-state index contributed by atoms with van der Waals surface area (Å²) >= 11 is 6.91. The van der Waals surface area contributed by atoms with Gasteiger partial charge in [-0.25, -0.2) is 0 Å². The van der Waals surface area contributed by atoms with Crippen LogP contribution in [0.5, 0.6) is 0 Å². The highest BCUT2D eigenvalue weighted by atomic mass is 35.5. The van der Waals surface area contributed by atoms with Gasteiger partial charge in [-0.2, -0.15) is 0 Å². The molecule has 0 bridgehead atoms. The molecule has 0 aliphatic heterocycles. The third-order valence-corrected chi connectivity index (χ3v) is 2.48. The van der Waals surface area contributed by atoms with Crippen molar-refractivity contribution in [2.45, 2.75) is 6.54 Å². The minimum atomic E-state index is -0.275.